The van der Waals surface area contributed by atoms with Crippen molar-refractivity contribution in [2.75, 3.05) is 13.1 Å². The van der Waals surface area contributed by atoms with Gasteiger partial charge in [0.25, 0.3) is 0 Å². The molecule has 1 aliphatic rings. The van der Waals surface area contributed by atoms with Gasteiger partial charge in [-0.25, -0.2) is 0 Å². The third-order valence-electron chi connectivity index (χ3n) is 3.16. The van der Waals surface area contributed by atoms with E-state index in [0.29, 0.717) is 19.5 Å². The molecule has 0 bridgehead atoms. The maximum atomic E-state index is 12.1. The molecule has 0 N–H and O–H groups in total. The summed E-state index contributed by atoms with van der Waals surface area (Å²) in [6.45, 7) is 5.43. The smallest absolute Gasteiger partial charge is 0.223 e. The van der Waals surface area contributed by atoms with Gasteiger partial charge in [-0.05, 0) is 25.8 Å². The summed E-state index contributed by atoms with van der Waals surface area (Å²) in [6.07, 6.45) is 5.35. The van der Waals surface area contributed by atoms with E-state index in [-0.39, 0.29) is 18.1 Å². The zero-order valence-corrected chi connectivity index (χ0v) is 11.3. The number of ether oxygens (including phenoxy) is 1. The number of carbonyl (C=O) groups is 1. The number of aryl methyl sites for hydroxylation is 2. The van der Waals surface area contributed by atoms with Crippen LogP contribution in [0.3, 0.4) is 0 Å². The van der Waals surface area contributed by atoms with Crippen LogP contribution in [0, 0.1) is 0 Å². The topological polar surface area (TPSA) is 47.4 Å². The van der Waals surface area contributed by atoms with Gasteiger partial charge in [0.05, 0.1) is 18.4 Å². The average Bonchev–Trinajstić information content (AvgIpc) is 2.70. The third-order valence-corrected chi connectivity index (χ3v) is 3.16. The van der Waals surface area contributed by atoms with E-state index in [1.54, 1.807) is 4.68 Å². The van der Waals surface area contributed by atoms with Gasteiger partial charge in [-0.15, -0.1) is 0 Å². The SMILES string of the molecule is C[C@H]1CN(C(=O)CCc2cnn(C)c2)C[C@H](C)O1. The number of morpholine rings is 1. The summed E-state index contributed by atoms with van der Waals surface area (Å²) in [5.74, 6) is 0.209. The van der Waals surface area contributed by atoms with E-state index in [9.17, 15) is 4.79 Å². The molecule has 2 atom stereocenters. The average molecular weight is 251 g/mol. The van der Waals surface area contributed by atoms with Gasteiger partial charge >= 0.3 is 0 Å². The van der Waals surface area contributed by atoms with E-state index in [2.05, 4.69) is 5.10 Å². The van der Waals surface area contributed by atoms with E-state index in [1.807, 2.05) is 38.2 Å². The van der Waals surface area contributed by atoms with Crippen molar-refractivity contribution < 1.29 is 9.53 Å². The number of hydrogen-bond acceptors (Lipinski definition) is 3. The summed E-state index contributed by atoms with van der Waals surface area (Å²) < 4.78 is 7.39. The summed E-state index contributed by atoms with van der Waals surface area (Å²) in [6, 6.07) is 0. The maximum Gasteiger partial charge on any atom is 0.223 e. The van der Waals surface area contributed by atoms with E-state index in [4.69, 9.17) is 4.74 Å². The molecule has 0 unspecified atom stereocenters. The Balaban J connectivity index is 1.84. The summed E-state index contributed by atoms with van der Waals surface area (Å²) in [5.41, 5.74) is 1.11. The Hall–Kier alpha value is -1.36. The molecule has 1 fully saturated rings. The highest BCUT2D eigenvalue weighted by molar-refractivity contribution is 5.76. The Morgan fingerprint density at radius 3 is 2.67 bits per heavy atom. The fraction of sp³-hybridized carbons (Fsp3) is 0.692. The maximum absolute atomic E-state index is 12.1. The van der Waals surface area contributed by atoms with Crippen molar-refractivity contribution >= 4 is 5.91 Å². The minimum Gasteiger partial charge on any atom is -0.372 e. The van der Waals surface area contributed by atoms with E-state index >= 15 is 0 Å². The first-order valence-electron chi connectivity index (χ1n) is 6.45. The fourth-order valence-corrected chi connectivity index (χ4v) is 2.39. The van der Waals surface area contributed by atoms with Gasteiger partial charge in [0, 0.05) is 32.8 Å². The molecule has 18 heavy (non-hydrogen) atoms. The van der Waals surface area contributed by atoms with Gasteiger partial charge in [0.15, 0.2) is 0 Å². The molecule has 2 heterocycles. The first-order valence-corrected chi connectivity index (χ1v) is 6.45. The zero-order chi connectivity index (χ0) is 13.1. The lowest BCUT2D eigenvalue weighted by molar-refractivity contribution is -0.143. The molecule has 1 aromatic heterocycles. The van der Waals surface area contributed by atoms with Gasteiger partial charge in [-0.2, -0.15) is 5.10 Å². The van der Waals surface area contributed by atoms with Gasteiger partial charge in [-0.1, -0.05) is 0 Å². The van der Waals surface area contributed by atoms with Crippen molar-refractivity contribution in [3.8, 4) is 0 Å². The van der Waals surface area contributed by atoms with E-state index < -0.39 is 0 Å². The monoisotopic (exact) mass is 251 g/mol. The van der Waals surface area contributed by atoms with Gasteiger partial charge in [0.2, 0.25) is 5.91 Å². The van der Waals surface area contributed by atoms with Crippen LogP contribution in [0.15, 0.2) is 12.4 Å². The van der Waals surface area contributed by atoms with Crippen LogP contribution >= 0.6 is 0 Å². The zero-order valence-electron chi connectivity index (χ0n) is 11.3. The van der Waals surface area contributed by atoms with Crippen LogP contribution in [-0.4, -0.2) is 45.9 Å². The predicted octanol–water partition coefficient (Wildman–Crippen LogP) is 0.988. The summed E-state index contributed by atoms with van der Waals surface area (Å²) in [7, 11) is 1.89. The lowest BCUT2D eigenvalue weighted by Gasteiger charge is -2.35. The number of carbonyl (C=O) groups excluding carboxylic acids is 1. The second-order valence-electron chi connectivity index (χ2n) is 5.08. The molecule has 2 rings (SSSR count). The van der Waals surface area contributed by atoms with E-state index in [0.717, 1.165) is 12.0 Å². The fourth-order valence-electron chi connectivity index (χ4n) is 2.39. The quantitative estimate of drug-likeness (QED) is 0.805. The largest absolute Gasteiger partial charge is 0.372 e. The third kappa shape index (κ3) is 3.32. The molecule has 0 aromatic carbocycles. The van der Waals surface area contributed by atoms with Crippen molar-refractivity contribution in [3.63, 3.8) is 0 Å². The van der Waals surface area contributed by atoms with Crippen LogP contribution in [0.25, 0.3) is 0 Å². The van der Waals surface area contributed by atoms with Crippen LogP contribution in [0.1, 0.15) is 25.8 Å². The number of aromatic nitrogens is 2. The molecule has 100 valence electrons. The van der Waals surface area contributed by atoms with Crippen molar-refractivity contribution in [2.45, 2.75) is 38.9 Å². The highest BCUT2D eigenvalue weighted by Crippen LogP contribution is 2.12. The first kappa shape index (κ1) is 13.1. The van der Waals surface area contributed by atoms with Gasteiger partial charge < -0.3 is 9.64 Å². The molecular formula is C13H21N3O2. The minimum absolute atomic E-state index is 0.135. The second kappa shape index (κ2) is 5.52. The van der Waals surface area contributed by atoms with Crippen molar-refractivity contribution in [3.05, 3.63) is 18.0 Å². The van der Waals surface area contributed by atoms with Gasteiger partial charge in [0.1, 0.15) is 0 Å². The molecule has 0 radical (unpaired) electrons. The Kier molecular flexibility index (Phi) is 4.01. The molecule has 0 saturated carbocycles. The number of amides is 1. The Morgan fingerprint density at radius 2 is 2.11 bits per heavy atom. The lowest BCUT2D eigenvalue weighted by Crippen LogP contribution is -2.48. The van der Waals surface area contributed by atoms with Gasteiger partial charge in [-0.3, -0.25) is 9.48 Å². The highest BCUT2D eigenvalue weighted by Gasteiger charge is 2.25. The Bertz CT molecular complexity index is 406. The summed E-state index contributed by atoms with van der Waals surface area (Å²) in [4.78, 5) is 14.0. The molecule has 5 heteroatoms. The van der Waals surface area contributed by atoms with Crippen molar-refractivity contribution in [2.24, 2.45) is 7.05 Å². The minimum atomic E-state index is 0.135. The Morgan fingerprint density at radius 1 is 1.44 bits per heavy atom. The summed E-state index contributed by atoms with van der Waals surface area (Å²) >= 11 is 0. The van der Waals surface area contributed by atoms with Crippen LogP contribution in [0.5, 0.6) is 0 Å². The molecule has 1 amide bonds. The molecule has 1 saturated heterocycles. The molecular weight excluding hydrogens is 230 g/mol. The standard InChI is InChI=1S/C13H21N3O2/c1-10-7-16(8-11(2)18-10)13(17)5-4-12-6-14-15(3)9-12/h6,9-11H,4-5,7-8H2,1-3H3/t10-,11-/m0/s1. The number of nitrogens with zero attached hydrogens (tertiary/aromatic N) is 3. The molecule has 5 nitrogen and oxygen atoms in total. The van der Waals surface area contributed by atoms with Crippen LogP contribution < -0.4 is 0 Å². The molecule has 1 aliphatic heterocycles. The van der Waals surface area contributed by atoms with Crippen molar-refractivity contribution in [1.82, 2.24) is 14.7 Å². The highest BCUT2D eigenvalue weighted by atomic mass is 16.5. The molecule has 1 aromatic rings. The second-order valence-corrected chi connectivity index (χ2v) is 5.08. The predicted molar refractivity (Wildman–Crippen MR) is 68.1 cm³/mol. The van der Waals surface area contributed by atoms with E-state index in [1.165, 1.54) is 0 Å². The van der Waals surface area contributed by atoms with Crippen LogP contribution in [0.2, 0.25) is 0 Å². The number of hydrogen-bond donors (Lipinski definition) is 0. The lowest BCUT2D eigenvalue weighted by atomic mass is 10.1. The number of rotatable bonds is 3. The molecule has 0 spiro atoms. The summed E-state index contributed by atoms with van der Waals surface area (Å²) in [5, 5.41) is 4.10. The first-order chi connectivity index (χ1) is 8.54. The van der Waals surface area contributed by atoms with Crippen molar-refractivity contribution in [1.29, 1.82) is 0 Å². The Labute approximate surface area is 108 Å². The molecule has 0 aliphatic carbocycles. The normalized spacial score (nSPS) is 24.3. The van der Waals surface area contributed by atoms with Crippen LogP contribution in [0.4, 0.5) is 0 Å². The van der Waals surface area contributed by atoms with Crippen LogP contribution in [-0.2, 0) is 23.0 Å².